The molecule has 0 radical (unpaired) electrons. The van der Waals surface area contributed by atoms with E-state index in [2.05, 4.69) is 15.6 Å². The fourth-order valence-corrected chi connectivity index (χ4v) is 3.35. The van der Waals surface area contributed by atoms with Crippen LogP contribution in [0.25, 0.3) is 0 Å². The van der Waals surface area contributed by atoms with Gasteiger partial charge < -0.3 is 15.4 Å². The van der Waals surface area contributed by atoms with Crippen molar-refractivity contribution in [2.75, 3.05) is 11.9 Å². The Morgan fingerprint density at radius 3 is 2.71 bits per heavy atom. The monoisotopic (exact) mass is 395 g/mol. The highest BCUT2D eigenvalue weighted by atomic mass is 32.1. The van der Waals surface area contributed by atoms with Gasteiger partial charge in [-0.05, 0) is 54.3 Å². The number of hydrogen-bond acceptors (Lipinski definition) is 5. The Bertz CT molecular complexity index is 943. The lowest BCUT2D eigenvalue weighted by Gasteiger charge is -2.12. The zero-order chi connectivity index (χ0) is 19.9. The minimum absolute atomic E-state index is 0.155. The van der Waals surface area contributed by atoms with Crippen LogP contribution in [0, 0.1) is 6.92 Å². The van der Waals surface area contributed by atoms with Gasteiger partial charge in [-0.15, -0.1) is 11.3 Å². The van der Waals surface area contributed by atoms with E-state index in [1.54, 1.807) is 48.0 Å². The molecule has 0 saturated heterocycles. The molecule has 2 N–H and O–H groups in total. The third-order valence-corrected chi connectivity index (χ3v) is 5.20. The normalized spacial score (nSPS) is 11.5. The van der Waals surface area contributed by atoms with Crippen LogP contribution in [-0.2, 0) is 9.59 Å². The molecular weight excluding hydrogens is 374 g/mol. The van der Waals surface area contributed by atoms with Gasteiger partial charge in [-0.1, -0.05) is 13.0 Å². The predicted molar refractivity (Wildman–Crippen MR) is 110 cm³/mol. The maximum absolute atomic E-state index is 12.1. The molecule has 0 aliphatic heterocycles. The van der Waals surface area contributed by atoms with Crippen LogP contribution in [-0.4, -0.2) is 23.3 Å². The van der Waals surface area contributed by atoms with E-state index in [1.807, 2.05) is 37.4 Å². The molecule has 0 unspecified atom stereocenters. The summed E-state index contributed by atoms with van der Waals surface area (Å²) in [6.45, 7) is 4.28. The third-order valence-electron chi connectivity index (χ3n) is 4.10. The molecule has 0 aliphatic carbocycles. The molecule has 1 atom stereocenters. The number of thiophene rings is 1. The van der Waals surface area contributed by atoms with E-state index in [0.717, 1.165) is 5.56 Å². The number of amides is 2. The van der Waals surface area contributed by atoms with Crippen molar-refractivity contribution < 1.29 is 14.3 Å². The van der Waals surface area contributed by atoms with Crippen LogP contribution >= 0.6 is 11.3 Å². The predicted octanol–water partition coefficient (Wildman–Crippen LogP) is 4.10. The van der Waals surface area contributed by atoms with Gasteiger partial charge in [0.25, 0.3) is 0 Å². The third kappa shape index (κ3) is 5.17. The number of ether oxygens (including phenoxy) is 1. The zero-order valence-corrected chi connectivity index (χ0v) is 16.5. The number of pyridine rings is 1. The molecule has 0 saturated carbocycles. The van der Waals surface area contributed by atoms with Crippen LogP contribution < -0.4 is 15.4 Å². The molecule has 2 heterocycles. The van der Waals surface area contributed by atoms with Crippen molar-refractivity contribution in [2.45, 2.75) is 19.8 Å². The van der Waals surface area contributed by atoms with Crippen LogP contribution in [0.2, 0.25) is 0 Å². The largest absolute Gasteiger partial charge is 0.455 e. The molecular formula is C21H21N3O3S. The second-order valence-corrected chi connectivity index (χ2v) is 7.33. The second-order valence-electron chi connectivity index (χ2n) is 6.35. The number of aromatic nitrogens is 1. The highest BCUT2D eigenvalue weighted by Crippen LogP contribution is 2.26. The van der Waals surface area contributed by atoms with Gasteiger partial charge in [0.15, 0.2) is 0 Å². The van der Waals surface area contributed by atoms with Gasteiger partial charge in [0, 0.05) is 29.2 Å². The van der Waals surface area contributed by atoms with Crippen LogP contribution in [0.5, 0.6) is 11.5 Å². The summed E-state index contributed by atoms with van der Waals surface area (Å²) in [7, 11) is 0. The lowest BCUT2D eigenvalue weighted by molar-refractivity contribution is -0.136. The van der Waals surface area contributed by atoms with E-state index in [-0.39, 0.29) is 5.92 Å². The summed E-state index contributed by atoms with van der Waals surface area (Å²) in [5, 5.41) is 7.28. The van der Waals surface area contributed by atoms with Gasteiger partial charge >= 0.3 is 11.8 Å². The second kappa shape index (κ2) is 9.14. The van der Waals surface area contributed by atoms with Gasteiger partial charge in [0.1, 0.15) is 11.5 Å². The van der Waals surface area contributed by atoms with Crippen LogP contribution in [0.4, 0.5) is 5.69 Å². The highest BCUT2D eigenvalue weighted by molar-refractivity contribution is 7.10. The summed E-state index contributed by atoms with van der Waals surface area (Å²) in [6.07, 6.45) is 3.29. The van der Waals surface area contributed by atoms with Gasteiger partial charge in [0.2, 0.25) is 0 Å². The van der Waals surface area contributed by atoms with Gasteiger partial charge in [-0.25, -0.2) is 0 Å². The summed E-state index contributed by atoms with van der Waals surface area (Å²) in [4.78, 5) is 29.4. The summed E-state index contributed by atoms with van der Waals surface area (Å²) in [5.74, 6) is 0.0835. The van der Waals surface area contributed by atoms with Crippen molar-refractivity contribution in [3.8, 4) is 11.5 Å². The Morgan fingerprint density at radius 2 is 2.04 bits per heavy atom. The van der Waals surface area contributed by atoms with Crippen molar-refractivity contribution in [1.29, 1.82) is 0 Å². The Hall–Kier alpha value is -3.19. The molecule has 2 aromatic heterocycles. The number of benzene rings is 1. The number of nitrogens with zero attached hydrogens (tertiary/aromatic N) is 1. The van der Waals surface area contributed by atoms with Gasteiger partial charge in [0.05, 0.1) is 6.20 Å². The quantitative estimate of drug-likeness (QED) is 0.616. The fraction of sp³-hybridized carbons (Fsp3) is 0.190. The number of hydrogen-bond donors (Lipinski definition) is 2. The van der Waals surface area contributed by atoms with E-state index in [0.29, 0.717) is 23.7 Å². The lowest BCUT2D eigenvalue weighted by atomic mass is 10.1. The van der Waals surface area contributed by atoms with E-state index in [9.17, 15) is 9.59 Å². The average molecular weight is 395 g/mol. The maximum atomic E-state index is 12.1. The number of aryl methyl sites for hydroxylation is 1. The molecule has 28 heavy (non-hydrogen) atoms. The van der Waals surface area contributed by atoms with Crippen molar-refractivity contribution in [3.63, 3.8) is 0 Å². The number of rotatable bonds is 6. The Labute approximate surface area is 167 Å². The van der Waals surface area contributed by atoms with E-state index in [4.69, 9.17) is 4.74 Å². The first-order chi connectivity index (χ1) is 13.5. The Balaban J connectivity index is 1.54. The minimum atomic E-state index is -0.696. The van der Waals surface area contributed by atoms with E-state index >= 15 is 0 Å². The summed E-state index contributed by atoms with van der Waals surface area (Å²) < 4.78 is 5.76. The molecule has 0 spiro atoms. The van der Waals surface area contributed by atoms with E-state index in [1.165, 1.54) is 4.88 Å². The van der Waals surface area contributed by atoms with Crippen LogP contribution in [0.15, 0.2) is 60.2 Å². The molecule has 0 fully saturated rings. The minimum Gasteiger partial charge on any atom is -0.455 e. The molecule has 3 rings (SSSR count). The van der Waals surface area contributed by atoms with Crippen LogP contribution in [0.3, 0.4) is 0 Å². The standard InChI is InChI=1S/C21H21N3O3S/c1-14-11-16(7-8-18(14)27-17-5-3-9-22-13-17)24-21(26)20(25)23-12-15(2)19-6-4-10-28-19/h3-11,13,15H,12H2,1-2H3,(H,23,25)(H,24,26)/t15-/m1/s1. The molecule has 6 nitrogen and oxygen atoms in total. The molecule has 0 bridgehead atoms. The first-order valence-corrected chi connectivity index (χ1v) is 9.72. The molecule has 1 aromatic carbocycles. The summed E-state index contributed by atoms with van der Waals surface area (Å²) >= 11 is 1.63. The fourth-order valence-electron chi connectivity index (χ4n) is 2.56. The molecule has 144 valence electrons. The molecule has 3 aromatic rings. The average Bonchev–Trinajstić information content (AvgIpc) is 3.23. The summed E-state index contributed by atoms with van der Waals surface area (Å²) in [6, 6.07) is 12.8. The number of carbonyl (C=O) groups excluding carboxylic acids is 2. The molecule has 0 aliphatic rings. The number of anilines is 1. The lowest BCUT2D eigenvalue weighted by Crippen LogP contribution is -2.37. The Kier molecular flexibility index (Phi) is 6.39. The van der Waals surface area contributed by atoms with Crippen molar-refractivity contribution >= 4 is 28.8 Å². The van der Waals surface area contributed by atoms with Crippen molar-refractivity contribution in [1.82, 2.24) is 10.3 Å². The zero-order valence-electron chi connectivity index (χ0n) is 15.6. The van der Waals surface area contributed by atoms with Crippen LogP contribution in [0.1, 0.15) is 23.3 Å². The van der Waals surface area contributed by atoms with Gasteiger partial charge in [-0.2, -0.15) is 0 Å². The van der Waals surface area contributed by atoms with Gasteiger partial charge in [-0.3, -0.25) is 14.6 Å². The van der Waals surface area contributed by atoms with Crippen molar-refractivity contribution in [3.05, 3.63) is 70.7 Å². The molecule has 2 amide bonds. The topological polar surface area (TPSA) is 80.3 Å². The molecule has 7 heteroatoms. The first kappa shape index (κ1) is 19.6. The SMILES string of the molecule is Cc1cc(NC(=O)C(=O)NC[C@@H](C)c2cccs2)ccc1Oc1cccnc1. The number of carbonyl (C=O) groups is 2. The summed E-state index contributed by atoms with van der Waals surface area (Å²) in [5.41, 5.74) is 1.36. The number of nitrogens with one attached hydrogen (secondary N) is 2. The highest BCUT2D eigenvalue weighted by Gasteiger charge is 2.16. The smallest absolute Gasteiger partial charge is 0.313 e. The Morgan fingerprint density at radius 1 is 1.18 bits per heavy atom. The maximum Gasteiger partial charge on any atom is 0.313 e. The first-order valence-electron chi connectivity index (χ1n) is 8.84. The van der Waals surface area contributed by atoms with E-state index < -0.39 is 11.8 Å². The van der Waals surface area contributed by atoms with Crippen molar-refractivity contribution in [2.24, 2.45) is 0 Å².